The second-order valence-electron chi connectivity index (χ2n) is 8.77. The van der Waals surface area contributed by atoms with Crippen LogP contribution in [0.2, 0.25) is 0 Å². The van der Waals surface area contributed by atoms with E-state index in [9.17, 15) is 13.2 Å². The Kier molecular flexibility index (Phi) is 7.01. The summed E-state index contributed by atoms with van der Waals surface area (Å²) in [4.78, 5) is 15.4. The smallest absolute Gasteiger partial charge is 0.248 e. The van der Waals surface area contributed by atoms with E-state index in [1.165, 1.54) is 17.1 Å². The van der Waals surface area contributed by atoms with Gasteiger partial charge < -0.3 is 14.7 Å². The van der Waals surface area contributed by atoms with Crippen LogP contribution in [0, 0.1) is 25.7 Å². The number of likely N-dealkylation sites (tertiary alicyclic amines) is 1. The summed E-state index contributed by atoms with van der Waals surface area (Å²) in [5.74, 6) is 0.606. The average Bonchev–Trinajstić information content (AvgIpc) is 3.00. The highest BCUT2D eigenvalue weighted by atomic mass is 32.2. The third kappa shape index (κ3) is 5.19. The molecule has 3 atom stereocenters. The van der Waals surface area contributed by atoms with Gasteiger partial charge in [0.1, 0.15) is 10.6 Å². The largest absolute Gasteiger partial charge is 0.360 e. The van der Waals surface area contributed by atoms with Gasteiger partial charge >= 0.3 is 0 Å². The number of amides is 1. The number of aromatic nitrogens is 1. The molecule has 0 saturated carbocycles. The molecule has 3 heterocycles. The van der Waals surface area contributed by atoms with Gasteiger partial charge in [-0.1, -0.05) is 12.1 Å². The maximum absolute atomic E-state index is 13.1. The predicted molar refractivity (Wildman–Crippen MR) is 110 cm³/mol. The van der Waals surface area contributed by atoms with Crippen molar-refractivity contribution in [2.75, 3.05) is 32.7 Å². The Morgan fingerprint density at radius 3 is 2.62 bits per heavy atom. The maximum Gasteiger partial charge on any atom is 0.248 e. The van der Waals surface area contributed by atoms with Crippen LogP contribution in [0.5, 0.6) is 0 Å². The molecule has 1 aromatic heterocycles. The molecular formula is C20H34N4O4S. The van der Waals surface area contributed by atoms with Gasteiger partial charge in [-0.2, -0.15) is 4.31 Å². The molecule has 0 aromatic carbocycles. The van der Waals surface area contributed by atoms with Gasteiger partial charge in [0.25, 0.3) is 0 Å². The zero-order valence-electron chi connectivity index (χ0n) is 18.0. The van der Waals surface area contributed by atoms with E-state index in [2.05, 4.69) is 22.3 Å². The van der Waals surface area contributed by atoms with Crippen molar-refractivity contribution in [1.82, 2.24) is 19.7 Å². The molecule has 3 rings (SSSR count). The third-order valence-corrected chi connectivity index (χ3v) is 8.09. The van der Waals surface area contributed by atoms with Crippen molar-refractivity contribution in [3.05, 3.63) is 11.5 Å². The minimum absolute atomic E-state index is 0.0438. The van der Waals surface area contributed by atoms with E-state index < -0.39 is 10.0 Å². The van der Waals surface area contributed by atoms with Crippen LogP contribution < -0.4 is 5.32 Å². The van der Waals surface area contributed by atoms with Crippen molar-refractivity contribution in [2.45, 2.75) is 64.3 Å². The van der Waals surface area contributed by atoms with Crippen LogP contribution in [0.15, 0.2) is 9.42 Å². The van der Waals surface area contributed by atoms with Gasteiger partial charge in [-0.15, -0.1) is 0 Å². The van der Waals surface area contributed by atoms with Crippen molar-refractivity contribution in [1.29, 1.82) is 0 Å². The van der Waals surface area contributed by atoms with E-state index in [1.807, 2.05) is 6.92 Å². The molecule has 2 fully saturated rings. The summed E-state index contributed by atoms with van der Waals surface area (Å²) < 4.78 is 32.6. The maximum atomic E-state index is 13.1. The van der Waals surface area contributed by atoms with Gasteiger partial charge in [-0.25, -0.2) is 8.42 Å². The van der Waals surface area contributed by atoms with Gasteiger partial charge in [0.05, 0.1) is 5.92 Å². The van der Waals surface area contributed by atoms with Crippen molar-refractivity contribution in [3.8, 4) is 0 Å². The van der Waals surface area contributed by atoms with Crippen molar-refractivity contribution < 1.29 is 17.7 Å². The van der Waals surface area contributed by atoms with E-state index in [1.54, 1.807) is 13.8 Å². The Hall–Kier alpha value is -1.45. The van der Waals surface area contributed by atoms with E-state index in [0.29, 0.717) is 36.8 Å². The van der Waals surface area contributed by atoms with Crippen LogP contribution in [0.1, 0.15) is 51.0 Å². The third-order valence-electron chi connectivity index (χ3n) is 5.98. The van der Waals surface area contributed by atoms with Crippen LogP contribution in [0.3, 0.4) is 0 Å². The molecule has 0 bridgehead atoms. The summed E-state index contributed by atoms with van der Waals surface area (Å²) in [7, 11) is -3.71. The highest BCUT2D eigenvalue weighted by Gasteiger charge is 2.36. The number of nitrogens with one attached hydrogen (secondary N) is 1. The highest BCUT2D eigenvalue weighted by Crippen LogP contribution is 2.27. The molecule has 3 unspecified atom stereocenters. The fourth-order valence-electron chi connectivity index (χ4n) is 4.59. The fourth-order valence-corrected chi connectivity index (χ4v) is 6.41. The molecule has 2 saturated heterocycles. The summed E-state index contributed by atoms with van der Waals surface area (Å²) in [5.41, 5.74) is 0.360. The SMILES string of the molecule is Cc1noc(C)c1S(=O)(=O)N1CCCC(C(=O)NC(C)CN2CCCC(C)C2)C1. The molecular weight excluding hydrogens is 392 g/mol. The first-order valence-corrected chi connectivity index (χ1v) is 12.1. The zero-order valence-corrected chi connectivity index (χ0v) is 18.8. The van der Waals surface area contributed by atoms with Gasteiger partial charge in [-0.05, 0) is 58.9 Å². The number of carbonyl (C=O) groups excluding carboxylic acids is 1. The average molecular weight is 427 g/mol. The van der Waals surface area contributed by atoms with Gasteiger partial charge in [0.15, 0.2) is 5.76 Å². The molecule has 2 aliphatic rings. The van der Waals surface area contributed by atoms with E-state index in [-0.39, 0.29) is 29.3 Å². The molecule has 1 N–H and O–H groups in total. The standard InChI is InChI=1S/C20H34N4O4S/c1-14-7-5-9-23(11-14)12-15(2)21-20(25)18-8-6-10-24(13-18)29(26,27)19-16(3)22-28-17(19)4/h14-15,18H,5-13H2,1-4H3,(H,21,25). The first kappa shape index (κ1) is 22.2. The Morgan fingerprint density at radius 2 is 1.97 bits per heavy atom. The predicted octanol–water partition coefficient (Wildman–Crippen LogP) is 1.93. The number of hydrogen-bond donors (Lipinski definition) is 1. The zero-order chi connectivity index (χ0) is 21.2. The molecule has 2 aliphatic heterocycles. The summed E-state index contributed by atoms with van der Waals surface area (Å²) in [5, 5.41) is 6.88. The number of hydrogen-bond acceptors (Lipinski definition) is 6. The molecule has 29 heavy (non-hydrogen) atoms. The number of piperidine rings is 2. The Bertz CT molecular complexity index is 803. The summed E-state index contributed by atoms with van der Waals surface area (Å²) >= 11 is 0. The minimum atomic E-state index is -3.71. The van der Waals surface area contributed by atoms with Crippen LogP contribution in [-0.2, 0) is 14.8 Å². The molecule has 1 aromatic rings. The quantitative estimate of drug-likeness (QED) is 0.747. The summed E-state index contributed by atoms with van der Waals surface area (Å²) in [6, 6.07) is 0.0438. The lowest BCUT2D eigenvalue weighted by Crippen LogP contribution is -2.50. The van der Waals surface area contributed by atoms with E-state index >= 15 is 0 Å². The second kappa shape index (κ2) is 9.14. The number of sulfonamides is 1. The summed E-state index contributed by atoms with van der Waals surface area (Å²) in [6.07, 6.45) is 3.85. The lowest BCUT2D eigenvalue weighted by Gasteiger charge is -2.34. The Morgan fingerprint density at radius 1 is 1.24 bits per heavy atom. The van der Waals surface area contributed by atoms with Crippen molar-refractivity contribution in [3.63, 3.8) is 0 Å². The van der Waals surface area contributed by atoms with Crippen LogP contribution in [0.25, 0.3) is 0 Å². The van der Waals surface area contributed by atoms with Gasteiger partial charge in [-0.3, -0.25) is 4.79 Å². The van der Waals surface area contributed by atoms with Crippen LogP contribution in [-0.4, -0.2) is 67.5 Å². The molecule has 8 nitrogen and oxygen atoms in total. The molecule has 0 aliphatic carbocycles. The lowest BCUT2D eigenvalue weighted by molar-refractivity contribution is -0.126. The number of rotatable bonds is 6. The number of carbonyl (C=O) groups is 1. The summed E-state index contributed by atoms with van der Waals surface area (Å²) in [6.45, 7) is 11.1. The van der Waals surface area contributed by atoms with E-state index in [4.69, 9.17) is 4.52 Å². The van der Waals surface area contributed by atoms with Crippen LogP contribution >= 0.6 is 0 Å². The number of aryl methyl sites for hydroxylation is 2. The minimum Gasteiger partial charge on any atom is -0.360 e. The van der Waals surface area contributed by atoms with Crippen molar-refractivity contribution >= 4 is 15.9 Å². The monoisotopic (exact) mass is 426 g/mol. The number of nitrogens with zero attached hydrogens (tertiary/aromatic N) is 3. The first-order chi connectivity index (χ1) is 13.7. The second-order valence-corrected chi connectivity index (χ2v) is 10.6. The fraction of sp³-hybridized carbons (Fsp3) is 0.800. The van der Waals surface area contributed by atoms with Crippen LogP contribution in [0.4, 0.5) is 0 Å². The molecule has 1 amide bonds. The Balaban J connectivity index is 1.59. The highest BCUT2D eigenvalue weighted by molar-refractivity contribution is 7.89. The molecule has 164 valence electrons. The van der Waals surface area contributed by atoms with Gasteiger partial charge in [0, 0.05) is 32.2 Å². The first-order valence-electron chi connectivity index (χ1n) is 10.6. The topological polar surface area (TPSA) is 95.8 Å². The van der Waals surface area contributed by atoms with Crippen molar-refractivity contribution in [2.24, 2.45) is 11.8 Å². The Labute approximate surface area is 174 Å². The molecule has 9 heteroatoms. The molecule has 0 radical (unpaired) electrons. The van der Waals surface area contributed by atoms with Gasteiger partial charge in [0.2, 0.25) is 15.9 Å². The lowest BCUT2D eigenvalue weighted by atomic mass is 9.98. The normalized spacial score (nSPS) is 25.7. The molecule has 0 spiro atoms. The van der Waals surface area contributed by atoms with E-state index in [0.717, 1.165) is 19.6 Å².